The highest BCUT2D eigenvalue weighted by Crippen LogP contribution is 2.27. The number of nitrogens with one attached hydrogen (secondary N) is 2. The molecule has 2 heterocycles. The normalized spacial score (nSPS) is 10.3. The molecule has 0 aliphatic carbocycles. The summed E-state index contributed by atoms with van der Waals surface area (Å²) >= 11 is 2.15. The number of nitrogens with zero attached hydrogens (tertiary/aromatic N) is 4. The fourth-order valence-electron chi connectivity index (χ4n) is 2.62. The van der Waals surface area contributed by atoms with E-state index in [1.54, 1.807) is 0 Å². The van der Waals surface area contributed by atoms with E-state index in [1.807, 2.05) is 54.3 Å². The third kappa shape index (κ3) is 3.82. The number of halogens is 1. The van der Waals surface area contributed by atoms with E-state index in [4.69, 9.17) is 9.97 Å². The molecule has 0 unspecified atom stereocenters. The van der Waals surface area contributed by atoms with E-state index < -0.39 is 0 Å². The minimum atomic E-state index is 0.493. The number of benzene rings is 2. The second-order valence-corrected chi connectivity index (χ2v) is 5.60. The summed E-state index contributed by atoms with van der Waals surface area (Å²) < 4.78 is 0. The highest BCUT2D eigenvalue weighted by Gasteiger charge is 2.12. The summed E-state index contributed by atoms with van der Waals surface area (Å²) in [4.78, 5) is 15.7. The van der Waals surface area contributed by atoms with E-state index in [1.165, 1.54) is 0 Å². The maximum Gasteiger partial charge on any atom is 0.247 e. The van der Waals surface area contributed by atoms with Crippen molar-refractivity contribution in [2.75, 3.05) is 10.2 Å². The number of H-pyrrole nitrogens is 1. The number of fused-ring (bicyclic) bond motifs is 1. The van der Waals surface area contributed by atoms with Gasteiger partial charge in [0.1, 0.15) is 11.6 Å². The Hall–Kier alpha value is -2.55. The lowest BCUT2D eigenvalue weighted by atomic mass is 10.1. The quantitative estimate of drug-likeness (QED) is 0.340. The largest absolute Gasteiger partial charge is 0.307 e. The molecule has 0 atom stereocenters. The molecule has 132 valence electrons. The maximum absolute atomic E-state index is 4.72. The third-order valence-electron chi connectivity index (χ3n) is 3.82. The monoisotopic (exact) mass is 458 g/mol. The first-order valence-corrected chi connectivity index (χ1v) is 10.2. The van der Waals surface area contributed by atoms with Gasteiger partial charge in [0, 0.05) is 10.9 Å². The SMILES string of the molecule is CI.Cc1nc(Nc2nc(-c3ccccc3C)nc3ccccc23)n[nH]1. The first kappa shape index (κ1) is 18.2. The van der Waals surface area contributed by atoms with Crippen molar-refractivity contribution in [1.29, 1.82) is 0 Å². The van der Waals surface area contributed by atoms with Crippen molar-refractivity contribution in [2.45, 2.75) is 13.8 Å². The van der Waals surface area contributed by atoms with Crippen molar-refractivity contribution in [3.8, 4) is 11.4 Å². The first-order valence-electron chi connectivity index (χ1n) is 8.07. The van der Waals surface area contributed by atoms with Crippen molar-refractivity contribution in [3.63, 3.8) is 0 Å². The summed E-state index contributed by atoms with van der Waals surface area (Å²) in [6, 6.07) is 16.0. The van der Waals surface area contributed by atoms with Gasteiger partial charge < -0.3 is 5.32 Å². The van der Waals surface area contributed by atoms with E-state index in [9.17, 15) is 0 Å². The molecular weight excluding hydrogens is 439 g/mol. The van der Waals surface area contributed by atoms with Gasteiger partial charge in [0.05, 0.1) is 5.52 Å². The molecule has 4 rings (SSSR count). The molecule has 0 radical (unpaired) electrons. The first-order chi connectivity index (χ1) is 12.7. The lowest BCUT2D eigenvalue weighted by Crippen LogP contribution is -2.01. The van der Waals surface area contributed by atoms with Crippen LogP contribution in [0.3, 0.4) is 0 Å². The molecule has 0 saturated carbocycles. The van der Waals surface area contributed by atoms with E-state index in [0.29, 0.717) is 17.6 Å². The molecule has 0 bridgehead atoms. The van der Waals surface area contributed by atoms with Crippen LogP contribution in [-0.4, -0.2) is 30.1 Å². The number of alkyl halides is 1. The Balaban J connectivity index is 0.000000948. The van der Waals surface area contributed by atoms with Crippen LogP contribution in [-0.2, 0) is 0 Å². The predicted octanol–water partition coefficient (Wildman–Crippen LogP) is 4.83. The molecule has 0 saturated heterocycles. The van der Waals surface area contributed by atoms with Crippen LogP contribution in [0.5, 0.6) is 0 Å². The van der Waals surface area contributed by atoms with Crippen molar-refractivity contribution in [2.24, 2.45) is 0 Å². The summed E-state index contributed by atoms with van der Waals surface area (Å²) in [6.45, 7) is 3.91. The average molecular weight is 458 g/mol. The summed E-state index contributed by atoms with van der Waals surface area (Å²) in [6.07, 6.45) is 0. The van der Waals surface area contributed by atoms with Crippen molar-refractivity contribution < 1.29 is 0 Å². The molecule has 0 aliphatic rings. The lowest BCUT2D eigenvalue weighted by Gasteiger charge is -2.10. The number of aromatic amines is 1. The van der Waals surface area contributed by atoms with Crippen LogP contribution in [0.2, 0.25) is 0 Å². The molecule has 0 aliphatic heterocycles. The summed E-state index contributed by atoms with van der Waals surface area (Å²) in [5.74, 6) is 2.61. The third-order valence-corrected chi connectivity index (χ3v) is 3.82. The van der Waals surface area contributed by atoms with Crippen LogP contribution < -0.4 is 5.32 Å². The number of para-hydroxylation sites is 1. The van der Waals surface area contributed by atoms with Gasteiger partial charge in [-0.05, 0) is 36.5 Å². The molecule has 0 spiro atoms. The Labute approximate surface area is 165 Å². The molecule has 0 fully saturated rings. The molecule has 6 nitrogen and oxygen atoms in total. The summed E-state index contributed by atoms with van der Waals surface area (Å²) in [7, 11) is 0. The van der Waals surface area contributed by atoms with Gasteiger partial charge in [-0.3, -0.25) is 5.10 Å². The molecule has 2 N–H and O–H groups in total. The fraction of sp³-hybridized carbons (Fsp3) is 0.158. The van der Waals surface area contributed by atoms with Gasteiger partial charge in [0.15, 0.2) is 5.82 Å². The highest BCUT2D eigenvalue weighted by atomic mass is 127. The number of hydrogen-bond donors (Lipinski definition) is 2. The zero-order valence-corrected chi connectivity index (χ0v) is 16.9. The van der Waals surface area contributed by atoms with Crippen LogP contribution in [0.1, 0.15) is 11.4 Å². The Morgan fingerprint density at radius 3 is 2.35 bits per heavy atom. The summed E-state index contributed by atoms with van der Waals surface area (Å²) in [5, 5.41) is 11.1. The number of hydrogen-bond acceptors (Lipinski definition) is 5. The predicted molar refractivity (Wildman–Crippen MR) is 114 cm³/mol. The summed E-state index contributed by atoms with van der Waals surface area (Å²) in [5.41, 5.74) is 3.02. The van der Waals surface area contributed by atoms with Crippen molar-refractivity contribution >= 4 is 45.3 Å². The van der Waals surface area contributed by atoms with Crippen LogP contribution in [0.25, 0.3) is 22.3 Å². The lowest BCUT2D eigenvalue weighted by molar-refractivity contribution is 1.04. The zero-order valence-electron chi connectivity index (χ0n) is 14.8. The Kier molecular flexibility index (Phi) is 5.77. The van der Waals surface area contributed by atoms with Crippen LogP contribution >= 0.6 is 22.6 Å². The van der Waals surface area contributed by atoms with Gasteiger partial charge in [-0.2, -0.15) is 4.98 Å². The number of anilines is 2. The van der Waals surface area contributed by atoms with Crippen LogP contribution in [0.4, 0.5) is 11.8 Å². The van der Waals surface area contributed by atoms with Crippen molar-refractivity contribution in [3.05, 3.63) is 59.9 Å². The molecule has 4 aromatic rings. The molecule has 0 amide bonds. The van der Waals surface area contributed by atoms with Gasteiger partial charge in [-0.15, -0.1) is 5.10 Å². The van der Waals surface area contributed by atoms with E-state index in [0.717, 1.165) is 27.9 Å². The molecule has 7 heteroatoms. The number of aromatic nitrogens is 5. The van der Waals surface area contributed by atoms with Crippen LogP contribution in [0, 0.1) is 13.8 Å². The zero-order chi connectivity index (χ0) is 18.5. The highest BCUT2D eigenvalue weighted by molar-refractivity contribution is 14.1. The molecule has 2 aromatic heterocycles. The van der Waals surface area contributed by atoms with E-state index >= 15 is 0 Å². The maximum atomic E-state index is 4.72. The molecular formula is C19H19IN6. The minimum Gasteiger partial charge on any atom is -0.307 e. The molecule has 2 aromatic carbocycles. The Morgan fingerprint density at radius 2 is 1.62 bits per heavy atom. The van der Waals surface area contributed by atoms with E-state index in [2.05, 4.69) is 56.1 Å². The van der Waals surface area contributed by atoms with Crippen molar-refractivity contribution in [1.82, 2.24) is 25.1 Å². The van der Waals surface area contributed by atoms with Crippen LogP contribution in [0.15, 0.2) is 48.5 Å². The number of aryl methyl sites for hydroxylation is 2. The Morgan fingerprint density at radius 1 is 0.885 bits per heavy atom. The molecule has 26 heavy (non-hydrogen) atoms. The van der Waals surface area contributed by atoms with Gasteiger partial charge in [-0.1, -0.05) is 59.0 Å². The standard InChI is InChI=1S/C18H16N6.CH3I/c1-11-7-3-4-8-13(11)16-20-15-10-6-5-9-14(15)17(21-16)22-18-19-12(2)23-24-18;1-2/h3-10H,1-2H3,(H2,19,20,21,22,23,24);1H3. The second kappa shape index (κ2) is 8.22. The number of rotatable bonds is 3. The Bertz CT molecular complexity index is 1030. The average Bonchev–Trinajstić information content (AvgIpc) is 3.08. The minimum absolute atomic E-state index is 0.493. The van der Waals surface area contributed by atoms with Gasteiger partial charge in [-0.25, -0.2) is 9.97 Å². The van der Waals surface area contributed by atoms with E-state index in [-0.39, 0.29) is 0 Å². The van der Waals surface area contributed by atoms with Gasteiger partial charge in [0.2, 0.25) is 5.95 Å². The van der Waals surface area contributed by atoms with Gasteiger partial charge >= 0.3 is 0 Å². The fourth-order valence-corrected chi connectivity index (χ4v) is 2.62. The smallest absolute Gasteiger partial charge is 0.247 e. The second-order valence-electron chi connectivity index (χ2n) is 5.60. The van der Waals surface area contributed by atoms with Gasteiger partial charge in [0.25, 0.3) is 0 Å². The topological polar surface area (TPSA) is 79.4 Å².